The molecule has 306 valence electrons. The van der Waals surface area contributed by atoms with Crippen LogP contribution < -0.4 is 14.7 Å². The molecule has 10 aromatic carbocycles. The molecule has 1 aliphatic heterocycles. The van der Waals surface area contributed by atoms with Crippen molar-refractivity contribution in [2.75, 3.05) is 14.7 Å². The second-order valence-corrected chi connectivity index (χ2v) is 18.6. The summed E-state index contributed by atoms with van der Waals surface area (Å²) in [6, 6.07) is 68.4. The van der Waals surface area contributed by atoms with Gasteiger partial charge in [-0.25, -0.2) is 0 Å². The summed E-state index contributed by atoms with van der Waals surface area (Å²) in [4.78, 5) is 7.44. The van der Waals surface area contributed by atoms with Gasteiger partial charge in [-0.1, -0.05) is 147 Å². The minimum atomic E-state index is 0.0158. The molecule has 0 saturated heterocycles. The quantitative estimate of drug-likeness (QED) is 0.164. The van der Waals surface area contributed by atoms with Crippen molar-refractivity contribution in [1.82, 2.24) is 0 Å². The average molecular weight is 814 g/mol. The molecule has 1 aliphatic rings. The van der Waals surface area contributed by atoms with Gasteiger partial charge in [0.2, 0.25) is 0 Å². The van der Waals surface area contributed by atoms with Gasteiger partial charge in [0.15, 0.2) is 0 Å². The summed E-state index contributed by atoms with van der Waals surface area (Å²) < 4.78 is 0. The number of hydrogen-bond donors (Lipinski definition) is 0. The number of aryl methyl sites for hydroxylation is 4. The van der Waals surface area contributed by atoms with Crippen molar-refractivity contribution >= 4 is 83.5 Å². The summed E-state index contributed by atoms with van der Waals surface area (Å²) in [6.07, 6.45) is 0. The fourth-order valence-corrected chi connectivity index (χ4v) is 10.0. The lowest BCUT2D eigenvalue weighted by atomic mass is 9.83. The topological polar surface area (TPSA) is 9.72 Å². The van der Waals surface area contributed by atoms with Crippen LogP contribution in [0.2, 0.25) is 0 Å². The Morgan fingerprint density at radius 2 is 0.810 bits per heavy atom. The van der Waals surface area contributed by atoms with Crippen LogP contribution in [0.4, 0.5) is 51.2 Å². The third-order valence-corrected chi connectivity index (χ3v) is 13.1. The van der Waals surface area contributed by atoms with Gasteiger partial charge >= 0.3 is 0 Å². The Hall–Kier alpha value is -7.36. The van der Waals surface area contributed by atoms with Crippen LogP contribution in [0.15, 0.2) is 182 Å². The van der Waals surface area contributed by atoms with E-state index in [1.54, 1.807) is 0 Å². The molecule has 1 heterocycles. The first-order valence-electron chi connectivity index (χ1n) is 22.2. The van der Waals surface area contributed by atoms with E-state index in [0.717, 1.165) is 51.2 Å². The number of rotatable bonds is 4. The summed E-state index contributed by atoms with van der Waals surface area (Å²) in [5.74, 6) is 0. The highest BCUT2D eigenvalue weighted by atomic mass is 15.2. The standard InChI is InChI=1S/C60H51N3/c1-38-19-29-54(40(3)31-38)62-50-17-11-15-48(35-50)61(47-25-21-43(22-26-47)42-13-9-8-10-14-42)49-16-12-18-51(36-49)63(55-30-20-39(2)32-41(55)4)57-37-56(62)52-27-23-44-33-46(60(5,6)7)34-45-24-28-53(57)59(52)58(44)45/h8-37H,1-7H3. The van der Waals surface area contributed by atoms with Crippen molar-refractivity contribution in [1.29, 1.82) is 0 Å². The van der Waals surface area contributed by atoms with Crippen LogP contribution in [-0.4, -0.2) is 0 Å². The van der Waals surface area contributed by atoms with Crippen molar-refractivity contribution in [2.45, 2.75) is 53.9 Å². The van der Waals surface area contributed by atoms with Crippen molar-refractivity contribution in [3.05, 3.63) is 210 Å². The van der Waals surface area contributed by atoms with Gasteiger partial charge in [0.05, 0.1) is 11.4 Å². The molecule has 0 saturated carbocycles. The van der Waals surface area contributed by atoms with Gasteiger partial charge in [-0.15, -0.1) is 0 Å². The zero-order valence-electron chi connectivity index (χ0n) is 37.2. The van der Waals surface area contributed by atoms with Gasteiger partial charge in [0.1, 0.15) is 0 Å². The Morgan fingerprint density at radius 1 is 0.333 bits per heavy atom. The Morgan fingerprint density at radius 3 is 1.29 bits per heavy atom. The number of nitrogens with zero attached hydrogens (tertiary/aromatic N) is 3. The summed E-state index contributed by atoms with van der Waals surface area (Å²) in [6.45, 7) is 15.8. The molecule has 63 heavy (non-hydrogen) atoms. The fraction of sp³-hybridized carbons (Fsp3) is 0.133. The zero-order valence-corrected chi connectivity index (χ0v) is 37.2. The number of benzene rings is 10. The third-order valence-electron chi connectivity index (χ3n) is 13.1. The molecule has 3 nitrogen and oxygen atoms in total. The van der Waals surface area contributed by atoms with Crippen LogP contribution in [0.1, 0.15) is 48.6 Å². The highest BCUT2D eigenvalue weighted by Crippen LogP contribution is 2.53. The summed E-state index contributed by atoms with van der Waals surface area (Å²) in [7, 11) is 0. The molecular weight excluding hydrogens is 763 g/mol. The molecule has 0 fully saturated rings. The minimum absolute atomic E-state index is 0.0158. The number of anilines is 9. The van der Waals surface area contributed by atoms with Crippen molar-refractivity contribution < 1.29 is 0 Å². The van der Waals surface area contributed by atoms with E-state index in [9.17, 15) is 0 Å². The summed E-state index contributed by atoms with van der Waals surface area (Å²) >= 11 is 0. The van der Waals surface area contributed by atoms with E-state index in [0.29, 0.717) is 0 Å². The van der Waals surface area contributed by atoms with Crippen molar-refractivity contribution in [3.63, 3.8) is 0 Å². The number of fused-ring (bicyclic) bond motifs is 8. The Bertz CT molecular complexity index is 3200. The second kappa shape index (κ2) is 14.6. The van der Waals surface area contributed by atoms with Gasteiger partial charge in [0, 0.05) is 56.0 Å². The molecule has 0 spiro atoms. The maximum absolute atomic E-state index is 2.51. The normalized spacial score (nSPS) is 12.9. The Balaban J connectivity index is 1.27. The van der Waals surface area contributed by atoms with E-state index in [-0.39, 0.29) is 5.41 Å². The van der Waals surface area contributed by atoms with Crippen LogP contribution in [0, 0.1) is 27.7 Å². The van der Waals surface area contributed by atoms with E-state index in [1.165, 1.54) is 71.3 Å². The van der Waals surface area contributed by atoms with Crippen molar-refractivity contribution in [2.24, 2.45) is 0 Å². The highest BCUT2D eigenvalue weighted by molar-refractivity contribution is 6.29. The van der Waals surface area contributed by atoms with Crippen LogP contribution >= 0.6 is 0 Å². The summed E-state index contributed by atoms with van der Waals surface area (Å²) in [5, 5.41) is 7.58. The first-order chi connectivity index (χ1) is 30.5. The van der Waals surface area contributed by atoms with Crippen molar-refractivity contribution in [3.8, 4) is 11.1 Å². The predicted molar refractivity (Wildman–Crippen MR) is 271 cm³/mol. The average Bonchev–Trinajstić information content (AvgIpc) is 3.28. The number of hydrogen-bond acceptors (Lipinski definition) is 3. The lowest BCUT2D eigenvalue weighted by molar-refractivity contribution is 0.591. The van der Waals surface area contributed by atoms with Gasteiger partial charge in [-0.3, -0.25) is 0 Å². The maximum atomic E-state index is 2.51. The second-order valence-electron chi connectivity index (χ2n) is 18.6. The molecule has 0 amide bonds. The van der Waals surface area contributed by atoms with Gasteiger partial charge in [0.25, 0.3) is 0 Å². The smallest absolute Gasteiger partial charge is 0.0561 e. The molecule has 6 bridgehead atoms. The Kier molecular flexibility index (Phi) is 8.96. The molecule has 0 aromatic heterocycles. The zero-order chi connectivity index (χ0) is 43.1. The first-order valence-corrected chi connectivity index (χ1v) is 22.2. The lowest BCUT2D eigenvalue weighted by Gasteiger charge is -2.35. The van der Waals surface area contributed by atoms with Gasteiger partial charge < -0.3 is 14.7 Å². The van der Waals surface area contributed by atoms with Crippen LogP contribution in [0.3, 0.4) is 0 Å². The van der Waals surface area contributed by atoms with Gasteiger partial charge in [-0.2, -0.15) is 0 Å². The van der Waals surface area contributed by atoms with Crippen LogP contribution in [0.25, 0.3) is 43.4 Å². The molecule has 0 N–H and O–H groups in total. The summed E-state index contributed by atoms with van der Waals surface area (Å²) in [5.41, 5.74) is 18.7. The molecule has 10 aromatic rings. The molecular formula is C60H51N3. The molecule has 0 radical (unpaired) electrons. The van der Waals surface area contributed by atoms with E-state index < -0.39 is 0 Å². The molecule has 0 unspecified atom stereocenters. The van der Waals surface area contributed by atoms with Crippen LogP contribution in [-0.2, 0) is 5.41 Å². The highest BCUT2D eigenvalue weighted by Gasteiger charge is 2.28. The molecule has 11 rings (SSSR count). The monoisotopic (exact) mass is 813 g/mol. The third kappa shape index (κ3) is 6.50. The molecule has 0 atom stereocenters. The van der Waals surface area contributed by atoms with E-state index in [1.807, 2.05) is 0 Å². The lowest BCUT2D eigenvalue weighted by Crippen LogP contribution is -2.18. The van der Waals surface area contributed by atoms with E-state index >= 15 is 0 Å². The molecule has 0 aliphatic carbocycles. The first kappa shape index (κ1) is 38.6. The predicted octanol–water partition coefficient (Wildman–Crippen LogP) is 17.5. The fourth-order valence-electron chi connectivity index (χ4n) is 10.0. The van der Waals surface area contributed by atoms with Gasteiger partial charge in [-0.05, 0) is 144 Å². The van der Waals surface area contributed by atoms with E-state index in [2.05, 4.69) is 245 Å². The minimum Gasteiger partial charge on any atom is -0.310 e. The van der Waals surface area contributed by atoms with E-state index in [4.69, 9.17) is 0 Å². The van der Waals surface area contributed by atoms with Crippen LogP contribution in [0.5, 0.6) is 0 Å². The molecule has 3 heteroatoms. The maximum Gasteiger partial charge on any atom is 0.0561 e. The SMILES string of the molecule is Cc1ccc(N2c3cccc(c3)N(c3ccc(-c4ccccc4)cc3)c3cccc(c3)N(c3ccc(C)cc3C)c3cc2c2ccc4cc(C(C)(C)C)cc5ccc3c2c45)c(C)c1. The largest absolute Gasteiger partial charge is 0.310 e. The Labute approximate surface area is 371 Å².